The molecule has 7 nitrogen and oxygen atoms in total. The number of alkyl carbamates (subject to hydrolysis) is 1. The minimum atomic E-state index is -0.917. The van der Waals surface area contributed by atoms with Crippen molar-refractivity contribution in [3.63, 3.8) is 0 Å². The molecule has 4 rings (SSSR count). The number of carboxylic acid groups (broad SMARTS) is 1. The lowest BCUT2D eigenvalue weighted by Gasteiger charge is -2.19. The maximum Gasteiger partial charge on any atom is 0.407 e. The SMILES string of the molecule is CCCC(CC(=O)O)NC(=O)[C@H]1CC[C@@H](NC(=O)OCC2c3ccccc3-c3ccccc32)C1. The molecular formula is C27H32N2O5. The molecule has 2 amide bonds. The number of fused-ring (bicyclic) bond motifs is 3. The monoisotopic (exact) mass is 464 g/mol. The Morgan fingerprint density at radius 3 is 2.29 bits per heavy atom. The molecule has 2 aromatic carbocycles. The maximum absolute atomic E-state index is 12.6. The van der Waals surface area contributed by atoms with Gasteiger partial charge in [-0.05, 0) is 47.9 Å². The number of ether oxygens (including phenoxy) is 1. The first-order valence-electron chi connectivity index (χ1n) is 12.1. The second-order valence-corrected chi connectivity index (χ2v) is 9.27. The van der Waals surface area contributed by atoms with Crippen LogP contribution >= 0.6 is 0 Å². The summed E-state index contributed by atoms with van der Waals surface area (Å²) in [5.41, 5.74) is 4.69. The summed E-state index contributed by atoms with van der Waals surface area (Å²) in [6.45, 7) is 2.22. The molecule has 0 spiro atoms. The maximum atomic E-state index is 12.6. The molecule has 0 aliphatic heterocycles. The Morgan fingerprint density at radius 2 is 1.68 bits per heavy atom. The number of rotatable bonds is 9. The minimum Gasteiger partial charge on any atom is -0.481 e. The molecule has 0 heterocycles. The standard InChI is InChI=1S/C27H32N2O5/c1-2-7-18(15-25(30)31)28-26(32)17-12-13-19(14-17)29-27(33)34-16-24-22-10-5-3-8-20(22)21-9-4-6-11-23(21)24/h3-6,8-11,17-19,24H,2,7,12-16H2,1H3,(H,28,32)(H,29,33)(H,30,31)/t17-,18?,19+/m0/s1. The number of hydrogen-bond donors (Lipinski definition) is 3. The Balaban J connectivity index is 1.28. The summed E-state index contributed by atoms with van der Waals surface area (Å²) in [5, 5.41) is 14.8. The highest BCUT2D eigenvalue weighted by atomic mass is 16.5. The van der Waals surface area contributed by atoms with Crippen LogP contribution in [-0.4, -0.2) is 41.8 Å². The highest BCUT2D eigenvalue weighted by Gasteiger charge is 2.33. The van der Waals surface area contributed by atoms with Gasteiger partial charge in [0.2, 0.25) is 5.91 Å². The third-order valence-electron chi connectivity index (χ3n) is 6.87. The first-order chi connectivity index (χ1) is 16.5. The Hall–Kier alpha value is -3.35. The molecule has 0 bridgehead atoms. The molecule has 7 heteroatoms. The van der Waals surface area contributed by atoms with E-state index in [1.54, 1.807) is 0 Å². The van der Waals surface area contributed by atoms with Gasteiger partial charge < -0.3 is 20.5 Å². The lowest BCUT2D eigenvalue weighted by atomic mass is 9.98. The van der Waals surface area contributed by atoms with E-state index in [0.717, 1.165) is 17.5 Å². The summed E-state index contributed by atoms with van der Waals surface area (Å²) in [7, 11) is 0. The fraction of sp³-hybridized carbons (Fsp3) is 0.444. The Kier molecular flexibility index (Phi) is 7.50. The van der Waals surface area contributed by atoms with E-state index in [2.05, 4.69) is 34.9 Å². The van der Waals surface area contributed by atoms with Gasteiger partial charge in [-0.3, -0.25) is 9.59 Å². The van der Waals surface area contributed by atoms with Gasteiger partial charge >= 0.3 is 12.1 Å². The van der Waals surface area contributed by atoms with Gasteiger partial charge in [-0.15, -0.1) is 0 Å². The van der Waals surface area contributed by atoms with Crippen LogP contribution in [0.15, 0.2) is 48.5 Å². The molecule has 0 aromatic heterocycles. The highest BCUT2D eigenvalue weighted by molar-refractivity contribution is 5.81. The number of carboxylic acids is 1. The van der Waals surface area contributed by atoms with Crippen LogP contribution in [0.3, 0.4) is 0 Å². The molecular weight excluding hydrogens is 432 g/mol. The Morgan fingerprint density at radius 1 is 1.03 bits per heavy atom. The summed E-state index contributed by atoms with van der Waals surface area (Å²) in [6, 6.07) is 15.9. The van der Waals surface area contributed by atoms with Gasteiger partial charge in [-0.2, -0.15) is 0 Å². The Labute approximate surface area is 199 Å². The van der Waals surface area contributed by atoms with Crippen LogP contribution in [0.2, 0.25) is 0 Å². The summed E-state index contributed by atoms with van der Waals surface area (Å²) >= 11 is 0. The smallest absolute Gasteiger partial charge is 0.407 e. The molecule has 3 N–H and O–H groups in total. The van der Waals surface area contributed by atoms with Crippen LogP contribution in [0.4, 0.5) is 4.79 Å². The second-order valence-electron chi connectivity index (χ2n) is 9.27. The quantitative estimate of drug-likeness (QED) is 0.508. The number of carbonyl (C=O) groups is 3. The predicted molar refractivity (Wildman–Crippen MR) is 128 cm³/mol. The van der Waals surface area contributed by atoms with E-state index in [-0.39, 0.29) is 42.9 Å². The molecule has 0 radical (unpaired) electrons. The zero-order valence-corrected chi connectivity index (χ0v) is 19.5. The van der Waals surface area contributed by atoms with Gasteiger partial charge in [0, 0.05) is 23.9 Å². The van der Waals surface area contributed by atoms with E-state index in [4.69, 9.17) is 9.84 Å². The molecule has 1 saturated carbocycles. The van der Waals surface area contributed by atoms with Crippen LogP contribution < -0.4 is 10.6 Å². The van der Waals surface area contributed by atoms with Crippen LogP contribution in [0.5, 0.6) is 0 Å². The summed E-state index contributed by atoms with van der Waals surface area (Å²) in [4.78, 5) is 36.2. The van der Waals surface area contributed by atoms with Gasteiger partial charge in [0.05, 0.1) is 6.42 Å². The van der Waals surface area contributed by atoms with Crippen molar-refractivity contribution in [1.82, 2.24) is 10.6 Å². The van der Waals surface area contributed by atoms with Crippen LogP contribution in [-0.2, 0) is 14.3 Å². The summed E-state index contributed by atoms with van der Waals surface area (Å²) in [5.74, 6) is -1.27. The molecule has 2 aliphatic carbocycles. The van der Waals surface area contributed by atoms with Gasteiger partial charge in [-0.25, -0.2) is 4.79 Å². The molecule has 2 aromatic rings. The lowest BCUT2D eigenvalue weighted by Crippen LogP contribution is -2.40. The highest BCUT2D eigenvalue weighted by Crippen LogP contribution is 2.44. The van der Waals surface area contributed by atoms with Crippen LogP contribution in [0.1, 0.15) is 62.5 Å². The van der Waals surface area contributed by atoms with Crippen molar-refractivity contribution in [3.05, 3.63) is 59.7 Å². The van der Waals surface area contributed by atoms with Crippen molar-refractivity contribution in [3.8, 4) is 11.1 Å². The third kappa shape index (κ3) is 5.41. The molecule has 1 unspecified atom stereocenters. The van der Waals surface area contributed by atoms with E-state index in [0.29, 0.717) is 25.7 Å². The second kappa shape index (κ2) is 10.7. The topological polar surface area (TPSA) is 105 Å². The van der Waals surface area contributed by atoms with Crippen molar-refractivity contribution < 1.29 is 24.2 Å². The average Bonchev–Trinajstić information content (AvgIpc) is 3.40. The minimum absolute atomic E-state index is 0.00462. The van der Waals surface area contributed by atoms with Gasteiger partial charge in [0.1, 0.15) is 6.61 Å². The molecule has 1 fully saturated rings. The number of nitrogens with one attached hydrogen (secondary N) is 2. The number of hydrogen-bond acceptors (Lipinski definition) is 4. The lowest BCUT2D eigenvalue weighted by molar-refractivity contribution is -0.137. The van der Waals surface area contributed by atoms with Crippen LogP contribution in [0.25, 0.3) is 11.1 Å². The first kappa shape index (κ1) is 23.8. The molecule has 2 aliphatic rings. The molecule has 34 heavy (non-hydrogen) atoms. The van der Waals surface area contributed by atoms with Gasteiger partial charge in [-0.1, -0.05) is 61.9 Å². The summed E-state index contributed by atoms with van der Waals surface area (Å²) in [6.07, 6.45) is 2.77. The predicted octanol–water partition coefficient (Wildman–Crippen LogP) is 4.45. The van der Waals surface area contributed by atoms with Crippen molar-refractivity contribution >= 4 is 18.0 Å². The van der Waals surface area contributed by atoms with E-state index < -0.39 is 12.1 Å². The van der Waals surface area contributed by atoms with Gasteiger partial charge in [0.15, 0.2) is 0 Å². The summed E-state index contributed by atoms with van der Waals surface area (Å²) < 4.78 is 5.62. The van der Waals surface area contributed by atoms with E-state index in [9.17, 15) is 14.4 Å². The Bertz CT molecular complexity index is 1010. The zero-order chi connectivity index (χ0) is 24.1. The largest absolute Gasteiger partial charge is 0.481 e. The number of aliphatic carboxylic acids is 1. The number of carbonyl (C=O) groups excluding carboxylic acids is 2. The normalized spacial score (nSPS) is 19.7. The zero-order valence-electron chi connectivity index (χ0n) is 19.5. The number of benzene rings is 2. The molecule has 180 valence electrons. The fourth-order valence-electron chi connectivity index (χ4n) is 5.26. The van der Waals surface area contributed by atoms with Crippen LogP contribution in [0, 0.1) is 5.92 Å². The van der Waals surface area contributed by atoms with Crippen molar-refractivity contribution in [2.75, 3.05) is 6.61 Å². The average molecular weight is 465 g/mol. The van der Waals surface area contributed by atoms with Crippen molar-refractivity contribution in [2.45, 2.75) is 63.5 Å². The van der Waals surface area contributed by atoms with Gasteiger partial charge in [0.25, 0.3) is 0 Å². The van der Waals surface area contributed by atoms with Crippen molar-refractivity contribution in [2.24, 2.45) is 5.92 Å². The fourth-order valence-corrected chi connectivity index (χ4v) is 5.26. The van der Waals surface area contributed by atoms with E-state index in [1.165, 1.54) is 11.1 Å². The van der Waals surface area contributed by atoms with Crippen molar-refractivity contribution in [1.29, 1.82) is 0 Å². The molecule has 3 atom stereocenters. The molecule has 0 saturated heterocycles. The van der Waals surface area contributed by atoms with E-state index >= 15 is 0 Å². The number of amides is 2. The third-order valence-corrected chi connectivity index (χ3v) is 6.87. The van der Waals surface area contributed by atoms with E-state index in [1.807, 2.05) is 31.2 Å². The first-order valence-corrected chi connectivity index (χ1v) is 12.1.